The van der Waals surface area contributed by atoms with Crippen molar-refractivity contribution in [3.05, 3.63) is 5.25 Å². The van der Waals surface area contributed by atoms with Crippen molar-refractivity contribution in [3.63, 3.8) is 0 Å². The molecule has 12 heavy (non-hydrogen) atoms. The van der Waals surface area contributed by atoms with Crippen molar-refractivity contribution in [3.8, 4) is 0 Å². The first-order valence-electron chi connectivity index (χ1n) is 4.22. The van der Waals surface area contributed by atoms with Gasteiger partial charge in [-0.05, 0) is 0 Å². The molecule has 2 aliphatic rings. The smallest absolute Gasteiger partial charge is 0.0978 e. The Labute approximate surface area is 81.8 Å². The van der Waals surface area contributed by atoms with Gasteiger partial charge in [0.2, 0.25) is 0 Å². The zero-order valence-electron chi connectivity index (χ0n) is 6.95. The van der Waals surface area contributed by atoms with Gasteiger partial charge in [-0.25, -0.2) is 0 Å². The third-order valence-corrected chi connectivity index (χ3v) is 4.57. The van der Waals surface area contributed by atoms with Crippen LogP contribution in [-0.2, 0) is 9.47 Å². The van der Waals surface area contributed by atoms with Crippen LogP contribution in [-0.4, -0.2) is 43.2 Å². The van der Waals surface area contributed by atoms with Gasteiger partial charge in [-0.15, -0.1) is 11.8 Å². The van der Waals surface area contributed by atoms with E-state index in [1.807, 2.05) is 23.5 Å². The van der Waals surface area contributed by atoms with Gasteiger partial charge in [0, 0.05) is 17.3 Å². The summed E-state index contributed by atoms with van der Waals surface area (Å²) in [6, 6.07) is 0. The minimum Gasteiger partial charge on any atom is -0.376 e. The highest BCUT2D eigenvalue weighted by molar-refractivity contribution is 8.08. The van der Waals surface area contributed by atoms with E-state index in [4.69, 9.17) is 9.47 Å². The summed E-state index contributed by atoms with van der Waals surface area (Å²) in [5.41, 5.74) is 0. The molecule has 2 saturated heterocycles. The molecule has 2 fully saturated rings. The van der Waals surface area contributed by atoms with Crippen LogP contribution in [0.4, 0.5) is 0 Å². The van der Waals surface area contributed by atoms with Crippen LogP contribution in [0.25, 0.3) is 0 Å². The molecule has 0 aliphatic carbocycles. The lowest BCUT2D eigenvalue weighted by Gasteiger charge is -2.31. The molecule has 2 heterocycles. The maximum Gasteiger partial charge on any atom is 0.0978 e. The van der Waals surface area contributed by atoms with Crippen LogP contribution in [0.1, 0.15) is 0 Å². The van der Waals surface area contributed by atoms with Crippen molar-refractivity contribution in [2.75, 3.05) is 37.1 Å². The Morgan fingerprint density at radius 2 is 2.25 bits per heavy atom. The highest BCUT2D eigenvalue weighted by Crippen LogP contribution is 2.34. The van der Waals surface area contributed by atoms with Gasteiger partial charge in [0.05, 0.1) is 31.2 Å². The van der Waals surface area contributed by atoms with Gasteiger partial charge in [-0.2, -0.15) is 11.8 Å². The highest BCUT2D eigenvalue weighted by Gasteiger charge is 2.28. The normalized spacial score (nSPS) is 33.5. The molecule has 0 aromatic rings. The van der Waals surface area contributed by atoms with E-state index in [9.17, 15) is 0 Å². The van der Waals surface area contributed by atoms with Gasteiger partial charge >= 0.3 is 0 Å². The fourth-order valence-electron chi connectivity index (χ4n) is 1.31. The van der Waals surface area contributed by atoms with E-state index < -0.39 is 0 Å². The van der Waals surface area contributed by atoms with Crippen LogP contribution in [0.5, 0.6) is 0 Å². The average Bonchev–Trinajstić information content (AvgIpc) is 2.21. The van der Waals surface area contributed by atoms with E-state index in [1.165, 1.54) is 16.8 Å². The van der Waals surface area contributed by atoms with Crippen molar-refractivity contribution >= 4 is 23.5 Å². The third-order valence-electron chi connectivity index (χ3n) is 1.93. The van der Waals surface area contributed by atoms with E-state index in [0.29, 0.717) is 0 Å². The van der Waals surface area contributed by atoms with Crippen LogP contribution < -0.4 is 0 Å². The Hall–Kier alpha value is 0.620. The zero-order chi connectivity index (χ0) is 8.23. The van der Waals surface area contributed by atoms with Crippen LogP contribution >= 0.6 is 23.5 Å². The summed E-state index contributed by atoms with van der Waals surface area (Å²) < 4.78 is 11.0. The zero-order valence-corrected chi connectivity index (χ0v) is 8.59. The number of hydrogen-bond acceptors (Lipinski definition) is 4. The molecule has 2 rings (SSSR count). The molecule has 0 N–H and O–H groups in total. The lowest BCUT2D eigenvalue weighted by molar-refractivity contribution is -0.0756. The van der Waals surface area contributed by atoms with Crippen LogP contribution in [0.3, 0.4) is 0 Å². The second kappa shape index (κ2) is 4.74. The molecule has 0 saturated carbocycles. The average molecular weight is 205 g/mol. The van der Waals surface area contributed by atoms with Gasteiger partial charge in [-0.1, -0.05) is 0 Å². The standard InChI is InChI=1S/C8H13O2S2/c1-2-10-7(5-9-1)8-6-11-3-4-12-8/h7H,1-6H2. The van der Waals surface area contributed by atoms with Gasteiger partial charge in [0.25, 0.3) is 0 Å². The molecular weight excluding hydrogens is 192 g/mol. The maximum atomic E-state index is 5.62. The first kappa shape index (κ1) is 9.19. The summed E-state index contributed by atoms with van der Waals surface area (Å²) in [4.78, 5) is 0. The number of thioether (sulfide) groups is 2. The number of rotatable bonds is 1. The Kier molecular flexibility index (Phi) is 3.63. The Morgan fingerprint density at radius 1 is 1.25 bits per heavy atom. The second-order valence-electron chi connectivity index (χ2n) is 2.80. The molecule has 1 radical (unpaired) electrons. The molecule has 0 aromatic carbocycles. The predicted octanol–water partition coefficient (Wildman–Crippen LogP) is 1.41. The lowest BCUT2D eigenvalue weighted by atomic mass is 10.3. The lowest BCUT2D eigenvalue weighted by Crippen LogP contribution is -2.34. The summed E-state index contributed by atoms with van der Waals surface area (Å²) in [5.74, 6) is 3.67. The van der Waals surface area contributed by atoms with Crippen LogP contribution in [0.15, 0.2) is 0 Å². The molecule has 1 atom stereocenters. The largest absolute Gasteiger partial charge is 0.376 e. The van der Waals surface area contributed by atoms with Crippen molar-refractivity contribution < 1.29 is 9.47 Å². The monoisotopic (exact) mass is 205 g/mol. The molecule has 0 spiro atoms. The molecular formula is C8H13O2S2. The highest BCUT2D eigenvalue weighted by atomic mass is 32.2. The number of hydrogen-bond donors (Lipinski definition) is 0. The minimum absolute atomic E-state index is 0.275. The van der Waals surface area contributed by atoms with E-state index >= 15 is 0 Å². The summed E-state index contributed by atoms with van der Waals surface area (Å²) in [6.45, 7) is 2.30. The van der Waals surface area contributed by atoms with E-state index in [1.54, 1.807) is 0 Å². The topological polar surface area (TPSA) is 18.5 Å². The Bertz CT molecular complexity index is 115. The fourth-order valence-corrected chi connectivity index (χ4v) is 3.81. The molecule has 0 bridgehead atoms. The molecule has 2 aliphatic heterocycles. The van der Waals surface area contributed by atoms with E-state index in [0.717, 1.165) is 25.6 Å². The Balaban J connectivity index is 1.80. The molecule has 69 valence electrons. The van der Waals surface area contributed by atoms with Crippen molar-refractivity contribution in [2.24, 2.45) is 0 Å². The van der Waals surface area contributed by atoms with Gasteiger partial charge in [0.1, 0.15) is 0 Å². The van der Waals surface area contributed by atoms with Crippen molar-refractivity contribution in [1.82, 2.24) is 0 Å². The molecule has 0 aromatic heterocycles. The van der Waals surface area contributed by atoms with Crippen molar-refractivity contribution in [1.29, 1.82) is 0 Å². The molecule has 0 amide bonds. The summed E-state index contributed by atoms with van der Waals surface area (Å²) in [7, 11) is 0. The van der Waals surface area contributed by atoms with E-state index in [-0.39, 0.29) is 6.10 Å². The van der Waals surface area contributed by atoms with Gasteiger partial charge in [-0.3, -0.25) is 0 Å². The third kappa shape index (κ3) is 2.31. The van der Waals surface area contributed by atoms with E-state index in [2.05, 4.69) is 0 Å². The molecule has 4 heteroatoms. The summed E-state index contributed by atoms with van der Waals surface area (Å²) in [6.07, 6.45) is 0.275. The first-order chi connectivity index (χ1) is 5.97. The summed E-state index contributed by atoms with van der Waals surface area (Å²) in [5, 5.41) is 1.48. The van der Waals surface area contributed by atoms with Crippen LogP contribution in [0, 0.1) is 5.25 Å². The Morgan fingerprint density at radius 3 is 2.92 bits per heavy atom. The molecule has 1 unspecified atom stereocenters. The summed E-state index contributed by atoms with van der Waals surface area (Å²) >= 11 is 3.96. The SMILES string of the molecule is C1COC([C]2CSCCS2)CO1. The van der Waals surface area contributed by atoms with Crippen LogP contribution in [0.2, 0.25) is 0 Å². The van der Waals surface area contributed by atoms with Gasteiger partial charge in [0.15, 0.2) is 0 Å². The predicted molar refractivity (Wildman–Crippen MR) is 53.6 cm³/mol. The van der Waals surface area contributed by atoms with Crippen molar-refractivity contribution in [2.45, 2.75) is 6.10 Å². The van der Waals surface area contributed by atoms with Gasteiger partial charge < -0.3 is 9.47 Å². The fraction of sp³-hybridized carbons (Fsp3) is 0.875. The second-order valence-corrected chi connectivity index (χ2v) is 5.13. The minimum atomic E-state index is 0.275. The quantitative estimate of drug-likeness (QED) is 0.644. The maximum absolute atomic E-state index is 5.62. The first-order valence-corrected chi connectivity index (χ1v) is 6.36. The number of ether oxygens (including phenoxy) is 2. The molecule has 2 nitrogen and oxygen atoms in total.